The third kappa shape index (κ3) is 5.52. The molecule has 1 N–H and O–H groups in total. The van der Waals surface area contributed by atoms with Gasteiger partial charge in [-0.2, -0.15) is 4.98 Å². The summed E-state index contributed by atoms with van der Waals surface area (Å²) < 4.78 is 29.7. The van der Waals surface area contributed by atoms with Gasteiger partial charge in [0.05, 0.1) is 4.90 Å². The molecule has 0 radical (unpaired) electrons. The number of nitrogens with one attached hydrogen (secondary N) is 1. The number of rotatable bonds is 7. The van der Waals surface area contributed by atoms with Crippen LogP contribution in [0.15, 0.2) is 33.7 Å². The average Bonchev–Trinajstić information content (AvgIpc) is 3.11. The van der Waals surface area contributed by atoms with E-state index in [1.54, 1.807) is 0 Å². The number of halogens is 1. The van der Waals surface area contributed by atoms with Gasteiger partial charge in [0.15, 0.2) is 15.7 Å². The third-order valence-electron chi connectivity index (χ3n) is 4.74. The lowest BCUT2D eigenvalue weighted by atomic mass is 9.99. The zero-order valence-electron chi connectivity index (χ0n) is 15.6. The standard InChI is InChI=1S/C18H23ClN4O4S/c1-13-6-9-23(10-7-13)11-8-20-17(24)18-21-16(22-27-18)12-28(25,26)15-4-2-14(19)3-5-15/h2-5,13H,6-12H2,1H3,(H,20,24). The van der Waals surface area contributed by atoms with E-state index >= 15 is 0 Å². The number of nitrogens with zero attached hydrogens (tertiary/aromatic N) is 3. The van der Waals surface area contributed by atoms with Crippen molar-refractivity contribution in [2.24, 2.45) is 5.92 Å². The van der Waals surface area contributed by atoms with Gasteiger partial charge in [0, 0.05) is 18.1 Å². The van der Waals surface area contributed by atoms with E-state index in [4.69, 9.17) is 16.1 Å². The first-order valence-corrected chi connectivity index (χ1v) is 11.2. The van der Waals surface area contributed by atoms with Gasteiger partial charge in [-0.15, -0.1) is 0 Å². The molecule has 2 heterocycles. The summed E-state index contributed by atoms with van der Waals surface area (Å²) in [5, 5.41) is 6.78. The molecule has 0 saturated carbocycles. The molecule has 8 nitrogen and oxygen atoms in total. The molecule has 2 aromatic rings. The molecule has 1 aromatic heterocycles. The maximum absolute atomic E-state index is 12.4. The molecule has 0 bridgehead atoms. The molecule has 1 saturated heterocycles. The number of benzene rings is 1. The Morgan fingerprint density at radius 1 is 1.29 bits per heavy atom. The number of hydrogen-bond acceptors (Lipinski definition) is 7. The van der Waals surface area contributed by atoms with Gasteiger partial charge in [-0.1, -0.05) is 23.7 Å². The summed E-state index contributed by atoms with van der Waals surface area (Å²) in [5.74, 6) is -0.518. The van der Waals surface area contributed by atoms with E-state index < -0.39 is 21.5 Å². The van der Waals surface area contributed by atoms with Crippen LogP contribution >= 0.6 is 11.6 Å². The van der Waals surface area contributed by atoms with Crippen molar-refractivity contribution in [3.63, 3.8) is 0 Å². The van der Waals surface area contributed by atoms with Gasteiger partial charge in [-0.25, -0.2) is 8.42 Å². The number of amides is 1. The largest absolute Gasteiger partial charge is 0.347 e. The van der Waals surface area contributed by atoms with E-state index in [0.717, 1.165) is 25.6 Å². The monoisotopic (exact) mass is 426 g/mol. The van der Waals surface area contributed by atoms with Crippen LogP contribution < -0.4 is 5.32 Å². The Morgan fingerprint density at radius 3 is 2.64 bits per heavy atom. The van der Waals surface area contributed by atoms with E-state index in [-0.39, 0.29) is 16.6 Å². The summed E-state index contributed by atoms with van der Waals surface area (Å²) in [5.41, 5.74) is 0. The smallest absolute Gasteiger partial charge is 0.315 e. The van der Waals surface area contributed by atoms with Gasteiger partial charge in [-0.3, -0.25) is 4.79 Å². The van der Waals surface area contributed by atoms with Crippen LogP contribution in [0.3, 0.4) is 0 Å². The maximum atomic E-state index is 12.4. The first-order chi connectivity index (χ1) is 13.3. The lowest BCUT2D eigenvalue weighted by Crippen LogP contribution is -2.39. The number of piperidine rings is 1. The van der Waals surface area contributed by atoms with Crippen LogP contribution in [-0.2, 0) is 15.6 Å². The average molecular weight is 427 g/mol. The van der Waals surface area contributed by atoms with Crippen LogP contribution in [-0.4, -0.2) is 55.5 Å². The van der Waals surface area contributed by atoms with Crippen molar-refractivity contribution in [1.82, 2.24) is 20.4 Å². The highest BCUT2D eigenvalue weighted by Gasteiger charge is 2.22. The van der Waals surface area contributed by atoms with Crippen LogP contribution in [0, 0.1) is 5.92 Å². The van der Waals surface area contributed by atoms with Crippen molar-refractivity contribution in [2.75, 3.05) is 26.2 Å². The fourth-order valence-electron chi connectivity index (χ4n) is 2.99. The minimum Gasteiger partial charge on any atom is -0.347 e. The fraction of sp³-hybridized carbons (Fsp3) is 0.500. The van der Waals surface area contributed by atoms with Gasteiger partial charge < -0.3 is 14.7 Å². The van der Waals surface area contributed by atoms with E-state index in [1.165, 1.54) is 37.1 Å². The van der Waals surface area contributed by atoms with Crippen molar-refractivity contribution in [3.8, 4) is 0 Å². The summed E-state index contributed by atoms with van der Waals surface area (Å²) >= 11 is 5.78. The Labute approximate surface area is 169 Å². The van der Waals surface area contributed by atoms with Crippen LogP contribution in [0.4, 0.5) is 0 Å². The predicted octanol–water partition coefficient (Wildman–Crippen LogP) is 2.16. The van der Waals surface area contributed by atoms with Gasteiger partial charge in [0.1, 0.15) is 5.75 Å². The van der Waals surface area contributed by atoms with Crippen LogP contribution in [0.2, 0.25) is 5.02 Å². The van der Waals surface area contributed by atoms with Gasteiger partial charge in [0.2, 0.25) is 0 Å². The van der Waals surface area contributed by atoms with Crippen molar-refractivity contribution in [2.45, 2.75) is 30.4 Å². The highest BCUT2D eigenvalue weighted by molar-refractivity contribution is 7.90. The molecule has 1 fully saturated rings. The van der Waals surface area contributed by atoms with E-state index in [0.29, 0.717) is 11.6 Å². The zero-order valence-corrected chi connectivity index (χ0v) is 17.2. The lowest BCUT2D eigenvalue weighted by Gasteiger charge is -2.29. The second-order valence-corrected chi connectivity index (χ2v) is 9.43. The molecular weight excluding hydrogens is 404 g/mol. The molecule has 28 heavy (non-hydrogen) atoms. The Balaban J connectivity index is 1.51. The third-order valence-corrected chi connectivity index (χ3v) is 6.62. The molecule has 0 spiro atoms. The second kappa shape index (κ2) is 9.02. The lowest BCUT2D eigenvalue weighted by molar-refractivity contribution is 0.0901. The first kappa shape index (κ1) is 20.8. The van der Waals surface area contributed by atoms with Crippen LogP contribution in [0.5, 0.6) is 0 Å². The number of carbonyl (C=O) groups is 1. The Hall–Kier alpha value is -1.97. The Morgan fingerprint density at radius 2 is 1.96 bits per heavy atom. The molecule has 0 atom stereocenters. The summed E-state index contributed by atoms with van der Waals surface area (Å²) in [7, 11) is -3.66. The van der Waals surface area contributed by atoms with E-state index in [9.17, 15) is 13.2 Å². The highest BCUT2D eigenvalue weighted by Crippen LogP contribution is 2.18. The minimum absolute atomic E-state index is 0.0647. The molecule has 1 amide bonds. The minimum atomic E-state index is -3.66. The summed E-state index contributed by atoms with van der Waals surface area (Å²) in [4.78, 5) is 18.4. The highest BCUT2D eigenvalue weighted by atomic mass is 35.5. The quantitative estimate of drug-likeness (QED) is 0.723. The number of aromatic nitrogens is 2. The van der Waals surface area contributed by atoms with Crippen LogP contribution in [0.25, 0.3) is 0 Å². The number of sulfone groups is 1. The molecule has 0 aliphatic carbocycles. The molecule has 1 aliphatic rings. The van der Waals surface area contributed by atoms with Crippen molar-refractivity contribution in [3.05, 3.63) is 41.0 Å². The molecule has 10 heteroatoms. The number of likely N-dealkylation sites (tertiary alicyclic amines) is 1. The fourth-order valence-corrected chi connectivity index (χ4v) is 4.29. The predicted molar refractivity (Wildman–Crippen MR) is 104 cm³/mol. The van der Waals surface area contributed by atoms with Crippen molar-refractivity contribution in [1.29, 1.82) is 0 Å². The SMILES string of the molecule is CC1CCN(CCNC(=O)c2nc(CS(=O)(=O)c3ccc(Cl)cc3)no2)CC1. The molecular formula is C18H23ClN4O4S. The van der Waals surface area contributed by atoms with Crippen molar-refractivity contribution >= 4 is 27.3 Å². The van der Waals surface area contributed by atoms with Gasteiger partial charge in [-0.05, 0) is 56.1 Å². The number of carbonyl (C=O) groups excluding carboxylic acids is 1. The molecule has 0 unspecified atom stereocenters. The normalized spacial score (nSPS) is 16.2. The maximum Gasteiger partial charge on any atom is 0.315 e. The Bertz CT molecular complexity index is 906. The molecule has 1 aliphatic heterocycles. The zero-order chi connectivity index (χ0) is 20.1. The molecule has 152 valence electrons. The number of hydrogen-bond donors (Lipinski definition) is 1. The van der Waals surface area contributed by atoms with Gasteiger partial charge in [0.25, 0.3) is 0 Å². The van der Waals surface area contributed by atoms with E-state index in [1.807, 2.05) is 0 Å². The second-order valence-electron chi connectivity index (χ2n) is 7.01. The van der Waals surface area contributed by atoms with Crippen LogP contribution in [0.1, 0.15) is 36.3 Å². The first-order valence-electron chi connectivity index (χ1n) is 9.15. The summed E-state index contributed by atoms with van der Waals surface area (Å²) in [6, 6.07) is 5.80. The molecule has 1 aromatic carbocycles. The topological polar surface area (TPSA) is 105 Å². The van der Waals surface area contributed by atoms with Gasteiger partial charge >= 0.3 is 11.8 Å². The molecule has 3 rings (SSSR count). The summed E-state index contributed by atoms with van der Waals surface area (Å²) in [6.45, 7) is 5.53. The summed E-state index contributed by atoms with van der Waals surface area (Å²) in [6.07, 6.45) is 2.34. The van der Waals surface area contributed by atoms with Crippen molar-refractivity contribution < 1.29 is 17.7 Å². The van der Waals surface area contributed by atoms with E-state index in [2.05, 4.69) is 27.3 Å². The Kier molecular flexibility index (Phi) is 6.69.